The second-order valence-corrected chi connectivity index (χ2v) is 8.34. The Labute approximate surface area is 181 Å². The van der Waals surface area contributed by atoms with Crippen molar-refractivity contribution in [1.82, 2.24) is 19.7 Å². The second kappa shape index (κ2) is 6.96. The molecule has 9 heteroatoms. The zero-order chi connectivity index (χ0) is 22.0. The average Bonchev–Trinajstić information content (AvgIpc) is 3.37. The first kappa shape index (κ1) is 19.1. The molecule has 0 radical (unpaired) electrons. The molecule has 0 aliphatic carbocycles. The van der Waals surface area contributed by atoms with Crippen LogP contribution in [0, 0.1) is 23.5 Å². The van der Waals surface area contributed by atoms with Crippen molar-refractivity contribution in [3.8, 4) is 11.1 Å². The standard InChI is InChI=1S/C23H19F2N5O2/c1-29-8-13(7-28-29)12-4-16(24)21(17(25)5-12)22-20(14-9-32-10-14)23(31)30(22)15-2-3-18-19(6-15)27-11-26-18/h2-8,11,14,20,22H,9-10H2,1H3,(H,26,27). The van der Waals surface area contributed by atoms with E-state index in [4.69, 9.17) is 4.74 Å². The number of carbonyl (C=O) groups excluding carboxylic acids is 1. The molecule has 0 bridgehead atoms. The third-order valence-electron chi connectivity index (χ3n) is 6.41. The van der Waals surface area contributed by atoms with Crippen LogP contribution in [0.3, 0.4) is 0 Å². The number of imidazole rings is 1. The summed E-state index contributed by atoms with van der Waals surface area (Å²) < 4.78 is 37.6. The highest BCUT2D eigenvalue weighted by Gasteiger charge is 2.55. The van der Waals surface area contributed by atoms with E-state index in [9.17, 15) is 4.79 Å². The number of fused-ring (bicyclic) bond motifs is 1. The average molecular weight is 435 g/mol. The third kappa shape index (κ3) is 2.77. The zero-order valence-corrected chi connectivity index (χ0v) is 17.1. The maximum atomic E-state index is 15.4. The number of benzene rings is 2. The molecule has 0 spiro atoms. The summed E-state index contributed by atoms with van der Waals surface area (Å²) in [6, 6.07) is 7.18. The minimum Gasteiger partial charge on any atom is -0.381 e. The number of nitrogens with zero attached hydrogens (tertiary/aromatic N) is 4. The number of H-pyrrole nitrogens is 1. The molecule has 2 aliphatic heterocycles. The number of nitrogens with one attached hydrogen (secondary N) is 1. The van der Waals surface area contributed by atoms with Gasteiger partial charge in [0.25, 0.3) is 0 Å². The molecule has 1 amide bonds. The van der Waals surface area contributed by atoms with Gasteiger partial charge >= 0.3 is 0 Å². The smallest absolute Gasteiger partial charge is 0.233 e. The van der Waals surface area contributed by atoms with Crippen LogP contribution in [0.25, 0.3) is 22.2 Å². The molecule has 2 atom stereocenters. The summed E-state index contributed by atoms with van der Waals surface area (Å²) in [7, 11) is 1.74. The van der Waals surface area contributed by atoms with Gasteiger partial charge in [-0.1, -0.05) is 0 Å². The fourth-order valence-corrected chi connectivity index (χ4v) is 4.70. The van der Waals surface area contributed by atoms with Crippen molar-refractivity contribution in [3.05, 3.63) is 66.3 Å². The van der Waals surface area contributed by atoms with Gasteiger partial charge in [0.1, 0.15) is 11.6 Å². The molecule has 1 N–H and O–H groups in total. The molecule has 2 aliphatic rings. The summed E-state index contributed by atoms with van der Waals surface area (Å²) in [5.74, 6) is -2.12. The highest BCUT2D eigenvalue weighted by Crippen LogP contribution is 2.50. The molecular formula is C23H19F2N5O2. The van der Waals surface area contributed by atoms with Crippen molar-refractivity contribution in [2.45, 2.75) is 6.04 Å². The van der Waals surface area contributed by atoms with Gasteiger partial charge in [0.2, 0.25) is 5.91 Å². The molecule has 2 saturated heterocycles. The van der Waals surface area contributed by atoms with Gasteiger partial charge in [0.15, 0.2) is 0 Å². The van der Waals surface area contributed by atoms with Gasteiger partial charge in [0.05, 0.1) is 48.7 Å². The van der Waals surface area contributed by atoms with Gasteiger partial charge < -0.3 is 14.6 Å². The van der Waals surface area contributed by atoms with E-state index in [1.165, 1.54) is 17.0 Å². The molecule has 2 fully saturated rings. The summed E-state index contributed by atoms with van der Waals surface area (Å²) in [4.78, 5) is 21.9. The molecule has 7 nitrogen and oxygen atoms in total. The van der Waals surface area contributed by atoms with Gasteiger partial charge in [-0.2, -0.15) is 5.10 Å². The number of aryl methyl sites for hydroxylation is 1. The van der Waals surface area contributed by atoms with Gasteiger partial charge in [0, 0.05) is 36.0 Å². The van der Waals surface area contributed by atoms with E-state index in [0.29, 0.717) is 35.5 Å². The van der Waals surface area contributed by atoms with E-state index >= 15 is 8.78 Å². The minimum absolute atomic E-state index is 0.0605. The molecular weight excluding hydrogens is 416 g/mol. The summed E-state index contributed by atoms with van der Waals surface area (Å²) in [5.41, 5.74) is 2.97. The number of ether oxygens (including phenoxy) is 1. The minimum atomic E-state index is -0.754. The van der Waals surface area contributed by atoms with E-state index in [1.54, 1.807) is 48.6 Å². The van der Waals surface area contributed by atoms with E-state index in [-0.39, 0.29) is 17.4 Å². The molecule has 32 heavy (non-hydrogen) atoms. The Kier molecular flexibility index (Phi) is 4.16. The Bertz CT molecular complexity index is 1340. The predicted octanol–water partition coefficient (Wildman–Crippen LogP) is 3.59. The Morgan fingerprint density at radius 2 is 1.91 bits per heavy atom. The van der Waals surface area contributed by atoms with Crippen LogP contribution >= 0.6 is 0 Å². The lowest BCUT2D eigenvalue weighted by Gasteiger charge is -2.52. The maximum absolute atomic E-state index is 15.4. The summed E-state index contributed by atoms with van der Waals surface area (Å²) >= 11 is 0. The molecule has 0 saturated carbocycles. The molecule has 4 heterocycles. The van der Waals surface area contributed by atoms with Crippen molar-refractivity contribution >= 4 is 22.6 Å². The zero-order valence-electron chi connectivity index (χ0n) is 17.1. The van der Waals surface area contributed by atoms with Crippen LogP contribution in [0.5, 0.6) is 0 Å². The molecule has 2 unspecified atom stereocenters. The number of β-lactam (4-membered cyclic amide) rings is 1. The number of hydrogen-bond acceptors (Lipinski definition) is 4. The van der Waals surface area contributed by atoms with Gasteiger partial charge in [-0.25, -0.2) is 13.8 Å². The molecule has 162 valence electrons. The number of carbonyl (C=O) groups is 1. The van der Waals surface area contributed by atoms with Crippen LogP contribution in [0.4, 0.5) is 14.5 Å². The van der Waals surface area contributed by atoms with Crippen molar-refractivity contribution in [2.24, 2.45) is 18.9 Å². The van der Waals surface area contributed by atoms with Crippen LogP contribution in [-0.4, -0.2) is 38.9 Å². The number of halogens is 2. The van der Waals surface area contributed by atoms with Crippen LogP contribution in [0.2, 0.25) is 0 Å². The lowest BCUT2D eigenvalue weighted by Crippen LogP contribution is -2.61. The topological polar surface area (TPSA) is 76.0 Å². The highest BCUT2D eigenvalue weighted by atomic mass is 19.1. The Hall–Kier alpha value is -3.59. The second-order valence-electron chi connectivity index (χ2n) is 8.34. The number of aromatic amines is 1. The van der Waals surface area contributed by atoms with Crippen LogP contribution in [-0.2, 0) is 16.6 Å². The lowest BCUT2D eigenvalue weighted by atomic mass is 9.72. The first-order valence-corrected chi connectivity index (χ1v) is 10.3. The first-order valence-electron chi connectivity index (χ1n) is 10.3. The number of rotatable bonds is 4. The fourth-order valence-electron chi connectivity index (χ4n) is 4.70. The monoisotopic (exact) mass is 435 g/mol. The van der Waals surface area contributed by atoms with E-state index in [1.807, 2.05) is 0 Å². The first-order chi connectivity index (χ1) is 15.5. The van der Waals surface area contributed by atoms with Crippen molar-refractivity contribution in [2.75, 3.05) is 18.1 Å². The highest BCUT2D eigenvalue weighted by molar-refractivity contribution is 6.04. The molecule has 6 rings (SSSR count). The van der Waals surface area contributed by atoms with Crippen molar-refractivity contribution in [1.29, 1.82) is 0 Å². The van der Waals surface area contributed by atoms with E-state index < -0.39 is 23.6 Å². The summed E-state index contributed by atoms with van der Waals surface area (Å²) in [6.07, 6.45) is 4.82. The quantitative estimate of drug-likeness (QED) is 0.497. The summed E-state index contributed by atoms with van der Waals surface area (Å²) in [6.45, 7) is 0.826. The Morgan fingerprint density at radius 3 is 2.56 bits per heavy atom. The number of hydrogen-bond donors (Lipinski definition) is 1. The Morgan fingerprint density at radius 1 is 1.12 bits per heavy atom. The van der Waals surface area contributed by atoms with Crippen LogP contribution in [0.15, 0.2) is 49.1 Å². The maximum Gasteiger partial charge on any atom is 0.233 e. The normalized spacial score (nSPS) is 21.1. The largest absolute Gasteiger partial charge is 0.381 e. The lowest BCUT2D eigenvalue weighted by molar-refractivity contribution is -0.145. The van der Waals surface area contributed by atoms with Crippen LogP contribution in [0.1, 0.15) is 11.6 Å². The Balaban J connectivity index is 1.44. The van der Waals surface area contributed by atoms with E-state index in [2.05, 4.69) is 15.1 Å². The predicted molar refractivity (Wildman–Crippen MR) is 113 cm³/mol. The number of amides is 1. The third-order valence-corrected chi connectivity index (χ3v) is 6.41. The van der Waals surface area contributed by atoms with Gasteiger partial charge in [-0.05, 0) is 35.9 Å². The molecule has 2 aromatic carbocycles. The SMILES string of the molecule is Cn1cc(-c2cc(F)c(C3C(C4COC4)C(=O)N3c3ccc4[nH]cnc4c3)c(F)c2)cn1. The van der Waals surface area contributed by atoms with Crippen molar-refractivity contribution in [3.63, 3.8) is 0 Å². The molecule has 2 aromatic heterocycles. The number of aromatic nitrogens is 4. The fraction of sp³-hybridized carbons (Fsp3) is 0.261. The molecule has 4 aromatic rings. The summed E-state index contributed by atoms with van der Waals surface area (Å²) in [5, 5.41) is 4.07. The van der Waals surface area contributed by atoms with Crippen LogP contribution < -0.4 is 4.90 Å². The van der Waals surface area contributed by atoms with Gasteiger partial charge in [-0.3, -0.25) is 9.48 Å². The van der Waals surface area contributed by atoms with Gasteiger partial charge in [-0.15, -0.1) is 0 Å². The number of anilines is 1. The van der Waals surface area contributed by atoms with E-state index in [0.717, 1.165) is 5.52 Å². The van der Waals surface area contributed by atoms with Crippen molar-refractivity contribution < 1.29 is 18.3 Å².